The van der Waals surface area contributed by atoms with Gasteiger partial charge < -0.3 is 10.1 Å². The van der Waals surface area contributed by atoms with Gasteiger partial charge in [0.05, 0.1) is 11.5 Å². The first-order valence-electron chi connectivity index (χ1n) is 8.78. The average molecular weight is 386 g/mol. The zero-order valence-corrected chi connectivity index (χ0v) is 16.1. The summed E-state index contributed by atoms with van der Waals surface area (Å²) < 4.78 is 32.0. The Morgan fingerprint density at radius 1 is 1.15 bits per heavy atom. The number of ether oxygens (including phenoxy) is 1. The maximum atomic E-state index is 12.3. The number of carbonyl (C=O) groups excluding carboxylic acids is 1. The minimum absolute atomic E-state index is 0.117. The molecule has 0 saturated carbocycles. The Bertz CT molecular complexity index is 980. The number of anilines is 1. The molecule has 0 aromatic heterocycles. The molecule has 0 atom stereocenters. The standard InChI is InChI=1S/C20H22N2O4S/c1-3-4-11-26-15-7-5-14(6-8-15)12-18-17-13-16(27(24,25)21-2)9-10-19(17)22-20(18)23/h5-10,12-13,21H,3-4,11H2,1-2H3,(H,22,23). The SMILES string of the molecule is CCCCOc1ccc(C=C2C(=O)Nc3ccc(S(=O)(=O)NC)cc32)cc1. The molecular weight excluding hydrogens is 364 g/mol. The van der Waals surface area contributed by atoms with Gasteiger partial charge in [-0.1, -0.05) is 25.5 Å². The van der Waals surface area contributed by atoms with Crippen LogP contribution in [0.4, 0.5) is 5.69 Å². The molecule has 0 radical (unpaired) electrons. The molecule has 1 amide bonds. The lowest BCUT2D eigenvalue weighted by Gasteiger charge is -2.06. The van der Waals surface area contributed by atoms with Crippen LogP contribution >= 0.6 is 0 Å². The molecule has 1 aliphatic heterocycles. The number of nitrogens with one attached hydrogen (secondary N) is 2. The van der Waals surface area contributed by atoms with Crippen LogP contribution in [0.15, 0.2) is 47.4 Å². The van der Waals surface area contributed by atoms with E-state index in [-0.39, 0.29) is 10.8 Å². The van der Waals surface area contributed by atoms with E-state index >= 15 is 0 Å². The summed E-state index contributed by atoms with van der Waals surface area (Å²) in [5, 5.41) is 2.76. The third-order valence-corrected chi connectivity index (χ3v) is 5.72. The van der Waals surface area contributed by atoms with Gasteiger partial charge in [0.25, 0.3) is 5.91 Å². The van der Waals surface area contributed by atoms with Crippen molar-refractivity contribution in [1.82, 2.24) is 4.72 Å². The fourth-order valence-electron chi connectivity index (χ4n) is 2.76. The Balaban J connectivity index is 1.90. The van der Waals surface area contributed by atoms with Crippen LogP contribution in [0.2, 0.25) is 0 Å². The molecule has 0 bridgehead atoms. The monoisotopic (exact) mass is 386 g/mol. The smallest absolute Gasteiger partial charge is 0.256 e. The summed E-state index contributed by atoms with van der Waals surface area (Å²) in [6, 6.07) is 12.0. The van der Waals surface area contributed by atoms with Crippen molar-refractivity contribution in [2.45, 2.75) is 24.7 Å². The molecule has 1 heterocycles. The number of rotatable bonds is 7. The highest BCUT2D eigenvalue weighted by Gasteiger charge is 2.26. The number of unbranched alkanes of at least 4 members (excludes halogenated alkanes) is 1. The van der Waals surface area contributed by atoms with Crippen molar-refractivity contribution in [3.05, 3.63) is 53.6 Å². The molecule has 27 heavy (non-hydrogen) atoms. The largest absolute Gasteiger partial charge is 0.494 e. The molecule has 0 fully saturated rings. The first-order valence-corrected chi connectivity index (χ1v) is 10.3. The van der Waals surface area contributed by atoms with E-state index < -0.39 is 10.0 Å². The third-order valence-electron chi connectivity index (χ3n) is 4.31. The van der Waals surface area contributed by atoms with Gasteiger partial charge in [0.2, 0.25) is 10.0 Å². The van der Waals surface area contributed by atoms with Crippen molar-refractivity contribution in [1.29, 1.82) is 0 Å². The van der Waals surface area contributed by atoms with Crippen LogP contribution in [0.1, 0.15) is 30.9 Å². The van der Waals surface area contributed by atoms with E-state index in [9.17, 15) is 13.2 Å². The topological polar surface area (TPSA) is 84.5 Å². The van der Waals surface area contributed by atoms with Crippen LogP contribution < -0.4 is 14.8 Å². The molecule has 0 spiro atoms. The second-order valence-corrected chi connectivity index (χ2v) is 8.08. The van der Waals surface area contributed by atoms with Crippen LogP contribution in [0.5, 0.6) is 5.75 Å². The maximum absolute atomic E-state index is 12.3. The van der Waals surface area contributed by atoms with Crippen molar-refractivity contribution >= 4 is 33.3 Å². The second-order valence-electron chi connectivity index (χ2n) is 6.20. The number of sulfonamides is 1. The van der Waals surface area contributed by atoms with Crippen LogP contribution in [-0.4, -0.2) is 28.0 Å². The van der Waals surface area contributed by atoms with Crippen molar-refractivity contribution in [2.75, 3.05) is 19.0 Å². The number of carbonyl (C=O) groups is 1. The Kier molecular flexibility index (Phi) is 5.62. The molecule has 142 valence electrons. The molecule has 2 N–H and O–H groups in total. The minimum atomic E-state index is -3.58. The van der Waals surface area contributed by atoms with Crippen molar-refractivity contribution in [3.63, 3.8) is 0 Å². The Labute approximate surface area is 159 Å². The first-order chi connectivity index (χ1) is 12.9. The Morgan fingerprint density at radius 2 is 1.89 bits per heavy atom. The van der Waals surface area contributed by atoms with Crippen LogP contribution in [0.3, 0.4) is 0 Å². The fourth-order valence-corrected chi connectivity index (χ4v) is 3.51. The van der Waals surface area contributed by atoms with Gasteiger partial charge in [-0.15, -0.1) is 0 Å². The molecule has 0 aliphatic carbocycles. The molecular formula is C20H22N2O4S. The summed E-state index contributed by atoms with van der Waals surface area (Å²) in [7, 11) is -2.23. The normalized spacial score (nSPS) is 14.9. The third kappa shape index (κ3) is 4.20. The summed E-state index contributed by atoms with van der Waals surface area (Å²) in [6.45, 7) is 2.78. The van der Waals surface area contributed by atoms with E-state index in [0.29, 0.717) is 23.4 Å². The number of benzene rings is 2. The van der Waals surface area contributed by atoms with Gasteiger partial charge in [0.1, 0.15) is 5.75 Å². The molecule has 6 nitrogen and oxygen atoms in total. The molecule has 0 unspecified atom stereocenters. The lowest BCUT2D eigenvalue weighted by molar-refractivity contribution is -0.110. The lowest BCUT2D eigenvalue weighted by Crippen LogP contribution is -2.18. The molecule has 7 heteroatoms. The van der Waals surface area contributed by atoms with Crippen LogP contribution in [0.25, 0.3) is 11.6 Å². The summed E-state index contributed by atoms with van der Waals surface area (Å²) in [5.41, 5.74) is 2.43. The van der Waals surface area contributed by atoms with Gasteiger partial charge in [-0.2, -0.15) is 0 Å². The Morgan fingerprint density at radius 3 is 2.56 bits per heavy atom. The summed E-state index contributed by atoms with van der Waals surface area (Å²) in [5.74, 6) is 0.525. The van der Waals surface area contributed by atoms with Crippen molar-refractivity contribution < 1.29 is 17.9 Å². The number of hydrogen-bond donors (Lipinski definition) is 2. The predicted octanol–water partition coefficient (Wildman–Crippen LogP) is 3.27. The molecule has 2 aromatic carbocycles. The van der Waals surface area contributed by atoms with Crippen molar-refractivity contribution in [2.24, 2.45) is 0 Å². The van der Waals surface area contributed by atoms with Gasteiger partial charge in [-0.05, 0) is 55.4 Å². The molecule has 3 rings (SSSR count). The molecule has 1 aliphatic rings. The fraction of sp³-hybridized carbons (Fsp3) is 0.250. The van der Waals surface area contributed by atoms with Gasteiger partial charge in [-0.25, -0.2) is 13.1 Å². The van der Waals surface area contributed by atoms with E-state index in [1.807, 2.05) is 24.3 Å². The second kappa shape index (κ2) is 7.94. The van der Waals surface area contributed by atoms with Crippen molar-refractivity contribution in [3.8, 4) is 5.75 Å². The van der Waals surface area contributed by atoms with Crippen LogP contribution in [0, 0.1) is 0 Å². The zero-order valence-electron chi connectivity index (χ0n) is 15.3. The summed E-state index contributed by atoms with van der Waals surface area (Å²) in [6.07, 6.45) is 3.82. The first kappa shape index (κ1) is 19.1. The van der Waals surface area contributed by atoms with Gasteiger partial charge in [0, 0.05) is 16.8 Å². The molecule has 2 aromatic rings. The van der Waals surface area contributed by atoms with E-state index in [2.05, 4.69) is 17.0 Å². The van der Waals surface area contributed by atoms with Gasteiger partial charge in [-0.3, -0.25) is 4.79 Å². The highest BCUT2D eigenvalue weighted by Crippen LogP contribution is 2.34. The highest BCUT2D eigenvalue weighted by molar-refractivity contribution is 7.89. The zero-order chi connectivity index (χ0) is 19.4. The lowest BCUT2D eigenvalue weighted by atomic mass is 10.0. The quantitative estimate of drug-likeness (QED) is 0.565. The summed E-state index contributed by atoms with van der Waals surface area (Å²) in [4.78, 5) is 12.5. The number of hydrogen-bond acceptors (Lipinski definition) is 4. The van der Waals surface area contributed by atoms with Crippen LogP contribution in [-0.2, 0) is 14.8 Å². The number of amides is 1. The van der Waals surface area contributed by atoms with E-state index in [1.54, 1.807) is 12.1 Å². The van der Waals surface area contributed by atoms with Gasteiger partial charge in [0.15, 0.2) is 0 Å². The van der Waals surface area contributed by atoms with E-state index in [4.69, 9.17) is 4.74 Å². The molecule has 0 saturated heterocycles. The summed E-state index contributed by atoms with van der Waals surface area (Å²) >= 11 is 0. The predicted molar refractivity (Wildman–Crippen MR) is 106 cm³/mol. The van der Waals surface area contributed by atoms with E-state index in [1.165, 1.54) is 19.2 Å². The van der Waals surface area contributed by atoms with Gasteiger partial charge >= 0.3 is 0 Å². The Hall–Kier alpha value is -2.64. The highest BCUT2D eigenvalue weighted by atomic mass is 32.2. The van der Waals surface area contributed by atoms with E-state index in [0.717, 1.165) is 24.2 Å². The number of fused-ring (bicyclic) bond motifs is 1. The average Bonchev–Trinajstić information content (AvgIpc) is 2.98. The minimum Gasteiger partial charge on any atom is -0.494 e. The maximum Gasteiger partial charge on any atom is 0.256 e.